The standard InChI is InChI=1S/C15H12ClFN2O3/c16-13-7-12(19(21)22)5-6-14(13)18-8-15(20,9-18)10-1-3-11(17)4-2-10/h1-7,20H,8-9H2. The van der Waals surface area contributed by atoms with Crippen molar-refractivity contribution in [1.29, 1.82) is 0 Å². The highest BCUT2D eigenvalue weighted by Gasteiger charge is 2.43. The van der Waals surface area contributed by atoms with Gasteiger partial charge in [0, 0.05) is 12.1 Å². The molecule has 7 heteroatoms. The Kier molecular flexibility index (Phi) is 3.50. The minimum absolute atomic E-state index is 0.0805. The highest BCUT2D eigenvalue weighted by atomic mass is 35.5. The van der Waals surface area contributed by atoms with Gasteiger partial charge in [-0.25, -0.2) is 4.39 Å². The first-order valence-electron chi connectivity index (χ1n) is 6.56. The van der Waals surface area contributed by atoms with E-state index in [1.165, 1.54) is 24.3 Å². The summed E-state index contributed by atoms with van der Waals surface area (Å²) in [5.41, 5.74) is 0.101. The lowest BCUT2D eigenvalue weighted by Crippen LogP contribution is -2.59. The van der Waals surface area contributed by atoms with E-state index >= 15 is 0 Å². The van der Waals surface area contributed by atoms with Crippen molar-refractivity contribution in [2.24, 2.45) is 0 Å². The van der Waals surface area contributed by atoms with Crippen LogP contribution in [0.2, 0.25) is 5.02 Å². The van der Waals surface area contributed by atoms with Gasteiger partial charge in [0.05, 0.1) is 28.7 Å². The number of nitro benzene ring substituents is 1. The molecule has 1 N–H and O–H groups in total. The monoisotopic (exact) mass is 322 g/mol. The Bertz CT molecular complexity index is 730. The van der Waals surface area contributed by atoms with E-state index in [1.54, 1.807) is 18.2 Å². The van der Waals surface area contributed by atoms with E-state index in [4.69, 9.17) is 11.6 Å². The maximum atomic E-state index is 12.9. The smallest absolute Gasteiger partial charge is 0.271 e. The fourth-order valence-corrected chi connectivity index (χ4v) is 2.86. The van der Waals surface area contributed by atoms with E-state index in [-0.39, 0.29) is 29.6 Å². The molecule has 1 saturated heterocycles. The van der Waals surface area contributed by atoms with Gasteiger partial charge in [0.25, 0.3) is 5.69 Å². The maximum absolute atomic E-state index is 12.9. The van der Waals surface area contributed by atoms with E-state index in [2.05, 4.69) is 0 Å². The number of benzene rings is 2. The zero-order valence-corrected chi connectivity index (χ0v) is 12.1. The zero-order valence-electron chi connectivity index (χ0n) is 11.4. The summed E-state index contributed by atoms with van der Waals surface area (Å²) in [6.45, 7) is 0.576. The van der Waals surface area contributed by atoms with Crippen LogP contribution in [0.5, 0.6) is 0 Å². The first-order valence-corrected chi connectivity index (χ1v) is 6.94. The first-order chi connectivity index (χ1) is 10.4. The van der Waals surface area contributed by atoms with Crippen LogP contribution in [0, 0.1) is 15.9 Å². The molecule has 114 valence electrons. The van der Waals surface area contributed by atoms with Gasteiger partial charge in [0.2, 0.25) is 0 Å². The van der Waals surface area contributed by atoms with Crippen molar-refractivity contribution < 1.29 is 14.4 Å². The van der Waals surface area contributed by atoms with Gasteiger partial charge in [-0.2, -0.15) is 0 Å². The molecule has 0 aliphatic carbocycles. The number of nitrogens with zero attached hydrogens (tertiary/aromatic N) is 2. The minimum Gasteiger partial charge on any atom is -0.381 e. The summed E-state index contributed by atoms with van der Waals surface area (Å²) in [7, 11) is 0. The molecule has 1 heterocycles. The Balaban J connectivity index is 1.78. The summed E-state index contributed by atoms with van der Waals surface area (Å²) in [5.74, 6) is -0.359. The zero-order chi connectivity index (χ0) is 15.9. The SMILES string of the molecule is O=[N+]([O-])c1ccc(N2CC(O)(c3ccc(F)cc3)C2)c(Cl)c1. The van der Waals surface area contributed by atoms with E-state index in [1.807, 2.05) is 4.90 Å². The fourth-order valence-electron chi connectivity index (χ4n) is 2.56. The fraction of sp³-hybridized carbons (Fsp3) is 0.200. The van der Waals surface area contributed by atoms with Gasteiger partial charge in [-0.3, -0.25) is 10.1 Å². The van der Waals surface area contributed by atoms with Crippen LogP contribution in [0.15, 0.2) is 42.5 Å². The molecule has 0 atom stereocenters. The second-order valence-electron chi connectivity index (χ2n) is 5.29. The molecule has 2 aromatic rings. The Morgan fingerprint density at radius 2 is 1.86 bits per heavy atom. The lowest BCUT2D eigenvalue weighted by molar-refractivity contribution is -0.384. The third-order valence-electron chi connectivity index (χ3n) is 3.77. The number of halogens is 2. The summed E-state index contributed by atoms with van der Waals surface area (Å²) in [4.78, 5) is 12.0. The minimum atomic E-state index is -1.07. The molecule has 0 unspecified atom stereocenters. The highest BCUT2D eigenvalue weighted by molar-refractivity contribution is 6.33. The quantitative estimate of drug-likeness (QED) is 0.696. The second-order valence-corrected chi connectivity index (χ2v) is 5.69. The maximum Gasteiger partial charge on any atom is 0.271 e. The van der Waals surface area contributed by atoms with Gasteiger partial charge < -0.3 is 10.0 Å². The average Bonchev–Trinajstić information content (AvgIpc) is 2.45. The Morgan fingerprint density at radius 3 is 2.41 bits per heavy atom. The van der Waals surface area contributed by atoms with Crippen LogP contribution in [0.25, 0.3) is 0 Å². The molecule has 0 radical (unpaired) electrons. The van der Waals surface area contributed by atoms with Gasteiger partial charge in [0.1, 0.15) is 11.4 Å². The molecular weight excluding hydrogens is 311 g/mol. The summed E-state index contributed by atoms with van der Waals surface area (Å²) in [6, 6.07) is 9.91. The second kappa shape index (κ2) is 5.23. The number of hydrogen-bond acceptors (Lipinski definition) is 4. The van der Waals surface area contributed by atoms with E-state index in [0.29, 0.717) is 11.3 Å². The summed E-state index contributed by atoms with van der Waals surface area (Å²) in [5, 5.41) is 21.5. The molecule has 1 aliphatic heterocycles. The number of aliphatic hydroxyl groups is 1. The molecule has 0 amide bonds. The number of non-ortho nitro benzene ring substituents is 1. The van der Waals surface area contributed by atoms with Gasteiger partial charge in [0.15, 0.2) is 0 Å². The number of rotatable bonds is 3. The molecule has 22 heavy (non-hydrogen) atoms. The topological polar surface area (TPSA) is 66.6 Å². The van der Waals surface area contributed by atoms with Crippen LogP contribution >= 0.6 is 11.6 Å². The summed E-state index contributed by atoms with van der Waals surface area (Å²) < 4.78 is 12.9. The van der Waals surface area contributed by atoms with Crippen molar-refractivity contribution in [3.63, 3.8) is 0 Å². The van der Waals surface area contributed by atoms with E-state index in [0.717, 1.165) is 0 Å². The average molecular weight is 323 g/mol. The summed E-state index contributed by atoms with van der Waals surface area (Å²) >= 11 is 6.06. The lowest BCUT2D eigenvalue weighted by atomic mass is 9.85. The predicted octanol–water partition coefficient (Wildman–Crippen LogP) is 3.10. The van der Waals surface area contributed by atoms with Crippen LogP contribution in [0.4, 0.5) is 15.8 Å². The number of β-amino-alcohol motifs (C(OH)–C–C–N with tert-alkyl or cyclic N) is 1. The van der Waals surface area contributed by atoms with Crippen LogP contribution in [-0.4, -0.2) is 23.1 Å². The van der Waals surface area contributed by atoms with Gasteiger partial charge in [-0.1, -0.05) is 23.7 Å². The molecule has 0 saturated carbocycles. The third-order valence-corrected chi connectivity index (χ3v) is 4.07. The molecular formula is C15H12ClFN2O3. The molecule has 3 rings (SSSR count). The first kappa shape index (κ1) is 14.7. The number of nitro groups is 1. The van der Waals surface area contributed by atoms with Gasteiger partial charge in [-0.15, -0.1) is 0 Å². The molecule has 0 aromatic heterocycles. The van der Waals surface area contributed by atoms with E-state index in [9.17, 15) is 19.6 Å². The van der Waals surface area contributed by atoms with Crippen molar-refractivity contribution in [1.82, 2.24) is 0 Å². The van der Waals surface area contributed by atoms with Gasteiger partial charge in [-0.05, 0) is 23.8 Å². The van der Waals surface area contributed by atoms with Crippen LogP contribution < -0.4 is 4.90 Å². The number of anilines is 1. The van der Waals surface area contributed by atoms with E-state index < -0.39 is 10.5 Å². The molecule has 0 bridgehead atoms. The van der Waals surface area contributed by atoms with Crippen molar-refractivity contribution in [2.45, 2.75) is 5.60 Å². The Hall–Kier alpha value is -2.18. The molecule has 0 spiro atoms. The molecule has 1 fully saturated rings. The van der Waals surface area contributed by atoms with Crippen molar-refractivity contribution in [3.05, 3.63) is 69.0 Å². The molecule has 1 aliphatic rings. The summed E-state index contributed by atoms with van der Waals surface area (Å²) in [6.07, 6.45) is 0. The normalized spacial score (nSPS) is 16.2. The van der Waals surface area contributed by atoms with Gasteiger partial charge >= 0.3 is 0 Å². The van der Waals surface area contributed by atoms with Crippen molar-refractivity contribution in [2.75, 3.05) is 18.0 Å². The molecule has 2 aromatic carbocycles. The van der Waals surface area contributed by atoms with Crippen LogP contribution in [-0.2, 0) is 5.60 Å². The molecule has 5 nitrogen and oxygen atoms in total. The Morgan fingerprint density at radius 1 is 1.23 bits per heavy atom. The number of hydrogen-bond donors (Lipinski definition) is 1. The predicted molar refractivity (Wildman–Crippen MR) is 80.6 cm³/mol. The van der Waals surface area contributed by atoms with Crippen molar-refractivity contribution in [3.8, 4) is 0 Å². The highest BCUT2D eigenvalue weighted by Crippen LogP contribution is 2.39. The Labute approximate surface area is 130 Å². The largest absolute Gasteiger partial charge is 0.381 e. The van der Waals surface area contributed by atoms with Crippen LogP contribution in [0.1, 0.15) is 5.56 Å². The lowest BCUT2D eigenvalue weighted by Gasteiger charge is -2.48. The van der Waals surface area contributed by atoms with Crippen molar-refractivity contribution >= 4 is 23.0 Å². The third kappa shape index (κ3) is 2.51. The van der Waals surface area contributed by atoms with Crippen LogP contribution in [0.3, 0.4) is 0 Å².